The Bertz CT molecular complexity index is 469. The maximum absolute atomic E-state index is 12.0. The Morgan fingerprint density at radius 1 is 1.45 bits per heavy atom. The molecule has 0 saturated carbocycles. The maximum atomic E-state index is 12.0. The summed E-state index contributed by atoms with van der Waals surface area (Å²) in [6, 6.07) is 4.92. The van der Waals surface area contributed by atoms with Gasteiger partial charge in [-0.1, -0.05) is 32.4 Å². The lowest BCUT2D eigenvalue weighted by molar-refractivity contribution is -0.116. The van der Waals surface area contributed by atoms with Crippen LogP contribution in [0.4, 0.5) is 5.69 Å². The summed E-state index contributed by atoms with van der Waals surface area (Å²) in [4.78, 5) is 12.0. The molecule has 1 amide bonds. The lowest BCUT2D eigenvalue weighted by Crippen LogP contribution is -2.31. The monoisotopic (exact) mass is 298 g/mol. The topological polar surface area (TPSA) is 64.3 Å². The minimum absolute atomic E-state index is 0.105. The van der Waals surface area contributed by atoms with E-state index in [-0.39, 0.29) is 23.8 Å². The molecule has 5 heteroatoms. The molecule has 0 bridgehead atoms. The first-order valence-corrected chi connectivity index (χ1v) is 6.98. The number of nitrogens with two attached hydrogens (primary N) is 1. The van der Waals surface area contributed by atoms with Crippen LogP contribution in [-0.2, 0) is 4.79 Å². The largest absolute Gasteiger partial charge is 0.495 e. The zero-order valence-electron chi connectivity index (χ0n) is 12.5. The van der Waals surface area contributed by atoms with Crippen molar-refractivity contribution in [2.75, 3.05) is 12.4 Å². The molecule has 0 aromatic heterocycles. The van der Waals surface area contributed by atoms with Gasteiger partial charge in [-0.05, 0) is 30.0 Å². The van der Waals surface area contributed by atoms with Crippen LogP contribution < -0.4 is 15.8 Å². The highest BCUT2D eigenvalue weighted by atomic mass is 35.5. The predicted octanol–water partition coefficient (Wildman–Crippen LogP) is 3.44. The third-order valence-corrected chi connectivity index (χ3v) is 2.99. The van der Waals surface area contributed by atoms with Gasteiger partial charge in [0.2, 0.25) is 5.91 Å². The lowest BCUT2D eigenvalue weighted by Gasteiger charge is -2.22. The Morgan fingerprint density at radius 3 is 2.65 bits per heavy atom. The van der Waals surface area contributed by atoms with Gasteiger partial charge >= 0.3 is 0 Å². The van der Waals surface area contributed by atoms with Crippen LogP contribution >= 0.6 is 11.6 Å². The van der Waals surface area contributed by atoms with E-state index in [2.05, 4.69) is 26.1 Å². The molecule has 0 saturated heterocycles. The summed E-state index contributed by atoms with van der Waals surface area (Å²) in [7, 11) is 1.55. The fraction of sp³-hybridized carbons (Fsp3) is 0.533. The van der Waals surface area contributed by atoms with E-state index in [0.717, 1.165) is 6.42 Å². The number of benzene rings is 1. The number of rotatable bonds is 5. The van der Waals surface area contributed by atoms with Crippen LogP contribution in [0, 0.1) is 5.41 Å². The fourth-order valence-corrected chi connectivity index (χ4v) is 2.25. The summed E-state index contributed by atoms with van der Waals surface area (Å²) in [5, 5.41) is 3.33. The van der Waals surface area contributed by atoms with Crippen molar-refractivity contribution in [1.29, 1.82) is 0 Å². The molecule has 3 N–H and O–H groups in total. The summed E-state index contributed by atoms with van der Waals surface area (Å²) < 4.78 is 5.18. The number of hydrogen-bond acceptors (Lipinski definition) is 3. The minimum atomic E-state index is -0.167. The summed E-state index contributed by atoms with van der Waals surface area (Å²) >= 11 is 5.92. The molecule has 20 heavy (non-hydrogen) atoms. The van der Waals surface area contributed by atoms with Crippen molar-refractivity contribution < 1.29 is 9.53 Å². The zero-order valence-corrected chi connectivity index (χ0v) is 13.3. The van der Waals surface area contributed by atoms with Gasteiger partial charge < -0.3 is 15.8 Å². The highest BCUT2D eigenvalue weighted by molar-refractivity contribution is 6.31. The van der Waals surface area contributed by atoms with E-state index in [4.69, 9.17) is 22.1 Å². The molecule has 4 nitrogen and oxygen atoms in total. The molecule has 1 aromatic carbocycles. The van der Waals surface area contributed by atoms with Crippen LogP contribution in [0.25, 0.3) is 0 Å². The van der Waals surface area contributed by atoms with E-state index in [1.807, 2.05) is 0 Å². The van der Waals surface area contributed by atoms with Crippen molar-refractivity contribution in [1.82, 2.24) is 0 Å². The SMILES string of the molecule is COc1ccc(Cl)cc1NC(=O)CC(N)CC(C)(C)C. The fourth-order valence-electron chi connectivity index (χ4n) is 2.08. The molecule has 0 radical (unpaired) electrons. The Morgan fingerprint density at radius 2 is 2.10 bits per heavy atom. The first-order valence-electron chi connectivity index (χ1n) is 6.60. The molecule has 1 aromatic rings. The Balaban J connectivity index is 2.65. The number of halogens is 1. The second-order valence-corrected chi connectivity index (χ2v) is 6.56. The molecule has 0 aliphatic rings. The smallest absolute Gasteiger partial charge is 0.226 e. The standard InChI is InChI=1S/C15H23ClN2O2/c1-15(2,3)9-11(17)8-14(19)18-12-7-10(16)5-6-13(12)20-4/h5-7,11H,8-9,17H2,1-4H3,(H,18,19). The average Bonchev–Trinajstić information content (AvgIpc) is 2.26. The van der Waals surface area contributed by atoms with Crippen molar-refractivity contribution in [3.05, 3.63) is 23.2 Å². The Labute approximate surface area is 125 Å². The summed E-state index contributed by atoms with van der Waals surface area (Å²) in [6.45, 7) is 6.31. The van der Waals surface area contributed by atoms with Crippen molar-refractivity contribution >= 4 is 23.2 Å². The van der Waals surface area contributed by atoms with Gasteiger partial charge in [-0.2, -0.15) is 0 Å². The van der Waals surface area contributed by atoms with Gasteiger partial charge in [0.1, 0.15) is 5.75 Å². The third-order valence-electron chi connectivity index (χ3n) is 2.76. The minimum Gasteiger partial charge on any atom is -0.495 e. The van der Waals surface area contributed by atoms with Gasteiger partial charge in [0.05, 0.1) is 12.8 Å². The van der Waals surface area contributed by atoms with Crippen LogP contribution in [0.2, 0.25) is 5.02 Å². The van der Waals surface area contributed by atoms with E-state index in [0.29, 0.717) is 16.5 Å². The molecule has 1 unspecified atom stereocenters. The maximum Gasteiger partial charge on any atom is 0.226 e. The third kappa shape index (κ3) is 5.80. The molecule has 0 spiro atoms. The number of carbonyl (C=O) groups excluding carboxylic acids is 1. The summed E-state index contributed by atoms with van der Waals surface area (Å²) in [5.41, 5.74) is 6.66. The number of amides is 1. The van der Waals surface area contributed by atoms with E-state index >= 15 is 0 Å². The Kier molecular flexibility index (Phi) is 5.84. The molecule has 1 rings (SSSR count). The quantitative estimate of drug-likeness (QED) is 0.875. The summed E-state index contributed by atoms with van der Waals surface area (Å²) in [5.74, 6) is 0.439. The predicted molar refractivity (Wildman–Crippen MR) is 83.3 cm³/mol. The van der Waals surface area contributed by atoms with Crippen LogP contribution in [0.1, 0.15) is 33.6 Å². The van der Waals surface area contributed by atoms with Gasteiger partial charge in [-0.25, -0.2) is 0 Å². The van der Waals surface area contributed by atoms with Gasteiger partial charge in [0.25, 0.3) is 0 Å². The molecule has 0 heterocycles. The number of nitrogens with one attached hydrogen (secondary N) is 1. The van der Waals surface area contributed by atoms with Crippen LogP contribution in [0.15, 0.2) is 18.2 Å². The average molecular weight is 299 g/mol. The van der Waals surface area contributed by atoms with Crippen LogP contribution in [-0.4, -0.2) is 19.1 Å². The lowest BCUT2D eigenvalue weighted by atomic mass is 9.87. The highest BCUT2D eigenvalue weighted by Crippen LogP contribution is 2.28. The number of methoxy groups -OCH3 is 1. The van der Waals surface area contributed by atoms with E-state index in [1.165, 1.54) is 0 Å². The zero-order chi connectivity index (χ0) is 15.3. The van der Waals surface area contributed by atoms with Gasteiger partial charge in [-0.15, -0.1) is 0 Å². The molecule has 112 valence electrons. The van der Waals surface area contributed by atoms with E-state index in [1.54, 1.807) is 25.3 Å². The second-order valence-electron chi connectivity index (χ2n) is 6.12. The van der Waals surface area contributed by atoms with Crippen molar-refractivity contribution in [3.63, 3.8) is 0 Å². The number of anilines is 1. The van der Waals surface area contributed by atoms with E-state index in [9.17, 15) is 4.79 Å². The van der Waals surface area contributed by atoms with Crippen LogP contribution in [0.3, 0.4) is 0 Å². The van der Waals surface area contributed by atoms with Gasteiger partial charge in [-0.3, -0.25) is 4.79 Å². The number of hydrogen-bond donors (Lipinski definition) is 2. The van der Waals surface area contributed by atoms with Gasteiger partial charge in [0, 0.05) is 17.5 Å². The first-order chi connectivity index (χ1) is 9.21. The van der Waals surface area contributed by atoms with Crippen LogP contribution in [0.5, 0.6) is 5.75 Å². The van der Waals surface area contributed by atoms with Gasteiger partial charge in [0.15, 0.2) is 0 Å². The van der Waals surface area contributed by atoms with Crippen molar-refractivity contribution in [3.8, 4) is 5.75 Å². The molecular weight excluding hydrogens is 276 g/mol. The summed E-state index contributed by atoms with van der Waals surface area (Å²) in [6.07, 6.45) is 1.06. The highest BCUT2D eigenvalue weighted by Gasteiger charge is 2.18. The van der Waals surface area contributed by atoms with Crippen molar-refractivity contribution in [2.45, 2.75) is 39.7 Å². The molecule has 0 aliphatic carbocycles. The number of ether oxygens (including phenoxy) is 1. The molecule has 1 atom stereocenters. The van der Waals surface area contributed by atoms with Crippen molar-refractivity contribution in [2.24, 2.45) is 11.1 Å². The Hall–Kier alpha value is -1.26. The number of carbonyl (C=O) groups is 1. The molecule has 0 fully saturated rings. The van der Waals surface area contributed by atoms with E-state index < -0.39 is 0 Å². The normalized spacial score (nSPS) is 12.9. The molecule has 0 aliphatic heterocycles. The second kappa shape index (κ2) is 6.95. The first kappa shape index (κ1) is 16.8. The molecular formula is C15H23ClN2O2.